The van der Waals surface area contributed by atoms with Crippen LogP contribution in [0.1, 0.15) is 10.4 Å². The highest BCUT2D eigenvalue weighted by molar-refractivity contribution is 5.89. The molecule has 2 N–H and O–H groups in total. The van der Waals surface area contributed by atoms with E-state index in [1.807, 2.05) is 0 Å². The lowest BCUT2D eigenvalue weighted by atomic mass is 10.1. The Hall–Kier alpha value is -2.63. The summed E-state index contributed by atoms with van der Waals surface area (Å²) in [5.74, 6) is -0.447. The quantitative estimate of drug-likeness (QED) is 0.755. The maximum Gasteiger partial charge on any atom is 0.337 e. The van der Waals surface area contributed by atoms with Gasteiger partial charge in [-0.15, -0.1) is 0 Å². The number of hydrogen-bond donors (Lipinski definition) is 2. The molecule has 6 nitrogen and oxygen atoms in total. The molecule has 0 saturated heterocycles. The zero-order chi connectivity index (χ0) is 13.1. The highest BCUT2D eigenvalue weighted by Crippen LogP contribution is 2.14. The Bertz CT molecular complexity index is 682. The van der Waals surface area contributed by atoms with Crippen LogP contribution in [-0.4, -0.2) is 23.0 Å². The summed E-state index contributed by atoms with van der Waals surface area (Å²) in [5, 5.41) is 0. The summed E-state index contributed by atoms with van der Waals surface area (Å²) in [4.78, 5) is 38.2. The van der Waals surface area contributed by atoms with E-state index in [1.54, 1.807) is 24.3 Å². The molecule has 2 aromatic rings. The summed E-state index contributed by atoms with van der Waals surface area (Å²) in [6.07, 6.45) is 1.33. The minimum absolute atomic E-state index is 0.325. The number of aromatic amines is 2. The molecule has 0 saturated carbocycles. The fourth-order valence-electron chi connectivity index (χ4n) is 1.53. The van der Waals surface area contributed by atoms with Gasteiger partial charge in [0.25, 0.3) is 5.56 Å². The summed E-state index contributed by atoms with van der Waals surface area (Å²) >= 11 is 0. The summed E-state index contributed by atoms with van der Waals surface area (Å²) in [5.41, 5.74) is 0.271. The Morgan fingerprint density at radius 3 is 2.39 bits per heavy atom. The Morgan fingerprint density at radius 1 is 1.17 bits per heavy atom. The standard InChI is InChI=1S/C12H10N2O4/c1-18-11(16)8-4-2-7(3-5-8)9-6-13-12(17)14-10(9)15/h2-6H,1H3,(H2,13,14,15,17). The van der Waals surface area contributed by atoms with E-state index in [-0.39, 0.29) is 0 Å². The van der Waals surface area contributed by atoms with E-state index in [2.05, 4.69) is 14.7 Å². The number of esters is 1. The van der Waals surface area contributed by atoms with E-state index in [1.165, 1.54) is 13.3 Å². The third-order valence-corrected chi connectivity index (χ3v) is 2.44. The second-order valence-corrected chi connectivity index (χ2v) is 3.55. The van der Waals surface area contributed by atoms with E-state index in [0.717, 1.165) is 0 Å². The number of aromatic nitrogens is 2. The van der Waals surface area contributed by atoms with Gasteiger partial charge < -0.3 is 9.72 Å². The Labute approximate surface area is 101 Å². The lowest BCUT2D eigenvalue weighted by Crippen LogP contribution is -2.22. The Kier molecular flexibility index (Phi) is 3.09. The SMILES string of the molecule is COC(=O)c1ccc(-c2c[nH]c(=O)[nH]c2=O)cc1. The van der Waals surface area contributed by atoms with Gasteiger partial charge in [-0.25, -0.2) is 9.59 Å². The topological polar surface area (TPSA) is 92.0 Å². The van der Waals surface area contributed by atoms with Crippen LogP contribution in [0.3, 0.4) is 0 Å². The second-order valence-electron chi connectivity index (χ2n) is 3.55. The van der Waals surface area contributed by atoms with Crippen molar-refractivity contribution in [1.29, 1.82) is 0 Å². The van der Waals surface area contributed by atoms with Crippen LogP contribution in [0.15, 0.2) is 40.1 Å². The fourth-order valence-corrected chi connectivity index (χ4v) is 1.53. The summed E-state index contributed by atoms with van der Waals surface area (Å²) in [7, 11) is 1.29. The van der Waals surface area contributed by atoms with Crippen molar-refractivity contribution in [3.05, 3.63) is 56.9 Å². The van der Waals surface area contributed by atoms with E-state index in [0.29, 0.717) is 16.7 Å². The summed E-state index contributed by atoms with van der Waals surface area (Å²) in [6.45, 7) is 0. The number of benzene rings is 1. The van der Waals surface area contributed by atoms with Crippen LogP contribution in [0.2, 0.25) is 0 Å². The number of hydrogen-bond acceptors (Lipinski definition) is 4. The largest absolute Gasteiger partial charge is 0.465 e. The molecule has 1 aromatic heterocycles. The van der Waals surface area contributed by atoms with Gasteiger partial charge in [-0.3, -0.25) is 9.78 Å². The smallest absolute Gasteiger partial charge is 0.337 e. The molecule has 0 aliphatic rings. The normalized spacial score (nSPS) is 10.1. The number of H-pyrrole nitrogens is 2. The molecule has 0 atom stereocenters. The van der Waals surface area contributed by atoms with E-state index in [9.17, 15) is 14.4 Å². The number of methoxy groups -OCH3 is 1. The van der Waals surface area contributed by atoms with Gasteiger partial charge in [0, 0.05) is 6.20 Å². The van der Waals surface area contributed by atoms with Crippen molar-refractivity contribution in [3.8, 4) is 11.1 Å². The molecular formula is C12H10N2O4. The zero-order valence-corrected chi connectivity index (χ0v) is 9.52. The van der Waals surface area contributed by atoms with Gasteiger partial charge >= 0.3 is 11.7 Å². The lowest BCUT2D eigenvalue weighted by Gasteiger charge is -2.02. The molecule has 2 rings (SSSR count). The van der Waals surface area contributed by atoms with Crippen LogP contribution in [0, 0.1) is 0 Å². The van der Waals surface area contributed by atoms with Gasteiger partial charge in [0.1, 0.15) is 0 Å². The monoisotopic (exact) mass is 246 g/mol. The average Bonchev–Trinajstić information content (AvgIpc) is 2.38. The molecule has 0 aliphatic heterocycles. The van der Waals surface area contributed by atoms with Crippen LogP contribution in [0.5, 0.6) is 0 Å². The first-order valence-corrected chi connectivity index (χ1v) is 5.12. The average molecular weight is 246 g/mol. The first kappa shape index (κ1) is 11.8. The van der Waals surface area contributed by atoms with Crippen molar-refractivity contribution < 1.29 is 9.53 Å². The molecule has 0 fully saturated rings. The number of ether oxygens (including phenoxy) is 1. The van der Waals surface area contributed by atoms with Gasteiger partial charge in [0.15, 0.2) is 0 Å². The molecule has 18 heavy (non-hydrogen) atoms. The van der Waals surface area contributed by atoms with Crippen LogP contribution in [0.25, 0.3) is 11.1 Å². The van der Waals surface area contributed by atoms with Crippen molar-refractivity contribution in [3.63, 3.8) is 0 Å². The van der Waals surface area contributed by atoms with Crippen LogP contribution in [0.4, 0.5) is 0 Å². The predicted molar refractivity (Wildman–Crippen MR) is 64.5 cm³/mol. The molecule has 0 bridgehead atoms. The summed E-state index contributed by atoms with van der Waals surface area (Å²) < 4.78 is 4.57. The maximum atomic E-state index is 11.5. The first-order chi connectivity index (χ1) is 8.61. The molecule has 0 aliphatic carbocycles. The molecule has 0 radical (unpaired) electrons. The molecule has 0 unspecified atom stereocenters. The van der Waals surface area contributed by atoms with Crippen LogP contribution in [-0.2, 0) is 4.74 Å². The zero-order valence-electron chi connectivity index (χ0n) is 9.52. The van der Waals surface area contributed by atoms with Crippen molar-refractivity contribution >= 4 is 5.97 Å². The number of nitrogens with one attached hydrogen (secondary N) is 2. The van der Waals surface area contributed by atoms with Crippen molar-refractivity contribution in [1.82, 2.24) is 9.97 Å². The highest BCUT2D eigenvalue weighted by atomic mass is 16.5. The minimum atomic E-state index is -0.560. The van der Waals surface area contributed by atoms with E-state index < -0.39 is 17.2 Å². The Morgan fingerprint density at radius 2 is 1.83 bits per heavy atom. The minimum Gasteiger partial charge on any atom is -0.465 e. The molecule has 1 aromatic carbocycles. The molecular weight excluding hydrogens is 236 g/mol. The Balaban J connectivity index is 2.43. The van der Waals surface area contributed by atoms with Gasteiger partial charge in [-0.05, 0) is 17.7 Å². The third-order valence-electron chi connectivity index (χ3n) is 2.44. The molecule has 0 amide bonds. The first-order valence-electron chi connectivity index (χ1n) is 5.12. The molecule has 6 heteroatoms. The fraction of sp³-hybridized carbons (Fsp3) is 0.0833. The van der Waals surface area contributed by atoms with Crippen molar-refractivity contribution in [2.24, 2.45) is 0 Å². The predicted octanol–water partition coefficient (Wildman–Crippen LogP) is 0.517. The van der Waals surface area contributed by atoms with Gasteiger partial charge in [-0.2, -0.15) is 0 Å². The second kappa shape index (κ2) is 4.70. The van der Waals surface area contributed by atoms with Gasteiger partial charge in [-0.1, -0.05) is 12.1 Å². The van der Waals surface area contributed by atoms with Gasteiger partial charge in [0.05, 0.1) is 18.2 Å². The molecule has 92 valence electrons. The van der Waals surface area contributed by atoms with Crippen molar-refractivity contribution in [2.45, 2.75) is 0 Å². The van der Waals surface area contributed by atoms with E-state index >= 15 is 0 Å². The molecule has 0 spiro atoms. The van der Waals surface area contributed by atoms with Gasteiger partial charge in [0.2, 0.25) is 0 Å². The highest BCUT2D eigenvalue weighted by Gasteiger charge is 2.07. The molecule has 1 heterocycles. The van der Waals surface area contributed by atoms with Crippen LogP contribution >= 0.6 is 0 Å². The van der Waals surface area contributed by atoms with Crippen molar-refractivity contribution in [2.75, 3.05) is 7.11 Å². The number of rotatable bonds is 2. The number of carbonyl (C=O) groups is 1. The lowest BCUT2D eigenvalue weighted by molar-refractivity contribution is 0.0601. The maximum absolute atomic E-state index is 11.5. The third kappa shape index (κ3) is 2.22. The number of carbonyl (C=O) groups excluding carboxylic acids is 1. The van der Waals surface area contributed by atoms with Crippen LogP contribution < -0.4 is 11.2 Å². The summed E-state index contributed by atoms with van der Waals surface area (Å²) in [6, 6.07) is 6.31. The van der Waals surface area contributed by atoms with E-state index in [4.69, 9.17) is 0 Å².